The van der Waals surface area contributed by atoms with Crippen LogP contribution in [0, 0.1) is 17.0 Å². The minimum Gasteiger partial charge on any atom is -0.332 e. The van der Waals surface area contributed by atoms with E-state index in [-0.39, 0.29) is 35.3 Å². The lowest BCUT2D eigenvalue weighted by atomic mass is 10.1. The molecule has 34 heavy (non-hydrogen) atoms. The summed E-state index contributed by atoms with van der Waals surface area (Å²) in [6.07, 6.45) is 1.51. The maximum atomic E-state index is 13.4. The minimum atomic E-state index is -0.646. The van der Waals surface area contributed by atoms with Crippen LogP contribution >= 0.6 is 22.9 Å². The first-order valence-electron chi connectivity index (χ1n) is 10.5. The first kappa shape index (κ1) is 25.1. The average molecular weight is 498 g/mol. The molecule has 0 spiro atoms. The van der Waals surface area contributed by atoms with Gasteiger partial charge in [0.25, 0.3) is 11.6 Å². The van der Waals surface area contributed by atoms with Gasteiger partial charge in [0.05, 0.1) is 11.5 Å². The molecule has 0 N–H and O–H groups in total. The van der Waals surface area contributed by atoms with E-state index in [1.165, 1.54) is 23.1 Å². The Morgan fingerprint density at radius 3 is 2.44 bits per heavy atom. The van der Waals surface area contributed by atoms with Crippen molar-refractivity contribution in [2.24, 2.45) is 0 Å². The summed E-state index contributed by atoms with van der Waals surface area (Å²) in [5, 5.41) is 11.2. The molecular formula is C25H24ClN3O4S. The number of carbonyl (C=O) groups is 2. The maximum Gasteiger partial charge on any atom is 0.288 e. The third-order valence-electron chi connectivity index (χ3n) is 5.06. The van der Waals surface area contributed by atoms with Gasteiger partial charge in [0, 0.05) is 34.5 Å². The predicted octanol–water partition coefficient (Wildman–Crippen LogP) is 5.48. The van der Waals surface area contributed by atoms with E-state index in [0.717, 1.165) is 21.4 Å². The number of hydrogen-bond donors (Lipinski definition) is 0. The number of benzene rings is 2. The number of thiophene rings is 1. The number of halogens is 1. The summed E-state index contributed by atoms with van der Waals surface area (Å²) in [5.41, 5.74) is 0.685. The van der Waals surface area contributed by atoms with Crippen LogP contribution in [0.2, 0.25) is 5.02 Å². The van der Waals surface area contributed by atoms with Crippen molar-refractivity contribution in [3.8, 4) is 0 Å². The van der Waals surface area contributed by atoms with Gasteiger partial charge in [-0.3, -0.25) is 19.7 Å². The Balaban J connectivity index is 1.83. The molecule has 0 bridgehead atoms. The van der Waals surface area contributed by atoms with Gasteiger partial charge in [-0.25, -0.2) is 0 Å². The Labute approximate surface area is 207 Å². The Kier molecular flexibility index (Phi) is 8.56. The highest BCUT2D eigenvalue weighted by molar-refractivity contribution is 7.11. The van der Waals surface area contributed by atoms with E-state index in [9.17, 15) is 19.7 Å². The molecule has 0 fully saturated rings. The first-order chi connectivity index (χ1) is 16.3. The molecule has 7 nitrogen and oxygen atoms in total. The number of nitro benzene ring substituents is 1. The molecule has 0 saturated heterocycles. The fourth-order valence-corrected chi connectivity index (χ4v) is 4.49. The molecule has 0 aliphatic rings. The number of carbonyl (C=O) groups excluding carboxylic acids is 2. The van der Waals surface area contributed by atoms with E-state index in [0.29, 0.717) is 13.1 Å². The van der Waals surface area contributed by atoms with Crippen molar-refractivity contribution in [1.29, 1.82) is 0 Å². The molecule has 0 unspecified atom stereocenters. The van der Waals surface area contributed by atoms with Gasteiger partial charge < -0.3 is 9.80 Å². The highest BCUT2D eigenvalue weighted by Gasteiger charge is 2.24. The fraction of sp³-hybridized carbons (Fsp3) is 0.200. The van der Waals surface area contributed by atoms with Crippen LogP contribution in [0.5, 0.6) is 0 Å². The minimum absolute atomic E-state index is 0.0619. The zero-order valence-electron chi connectivity index (χ0n) is 18.6. The predicted molar refractivity (Wildman–Crippen MR) is 134 cm³/mol. The van der Waals surface area contributed by atoms with Crippen molar-refractivity contribution < 1.29 is 14.5 Å². The van der Waals surface area contributed by atoms with E-state index in [2.05, 4.69) is 6.58 Å². The zero-order valence-corrected chi connectivity index (χ0v) is 20.2. The number of rotatable bonds is 10. The Bertz CT molecular complexity index is 1200. The second kappa shape index (κ2) is 11.6. The Hall–Kier alpha value is -3.49. The molecule has 1 heterocycles. The number of nitro groups is 1. The average Bonchev–Trinajstić information content (AvgIpc) is 3.23. The smallest absolute Gasteiger partial charge is 0.288 e. The zero-order chi connectivity index (χ0) is 24.7. The van der Waals surface area contributed by atoms with Gasteiger partial charge in [-0.05, 0) is 36.8 Å². The van der Waals surface area contributed by atoms with Crippen molar-refractivity contribution in [3.05, 3.63) is 109 Å². The van der Waals surface area contributed by atoms with Crippen LogP contribution in [0.15, 0.2) is 73.3 Å². The normalized spacial score (nSPS) is 10.5. The summed E-state index contributed by atoms with van der Waals surface area (Å²) >= 11 is 7.49. The molecule has 0 aliphatic heterocycles. The lowest BCUT2D eigenvalue weighted by molar-refractivity contribution is -0.384. The highest BCUT2D eigenvalue weighted by Crippen LogP contribution is 2.26. The quantitative estimate of drug-likeness (QED) is 0.211. The van der Waals surface area contributed by atoms with Gasteiger partial charge in [-0.1, -0.05) is 48.0 Å². The molecule has 9 heteroatoms. The van der Waals surface area contributed by atoms with Crippen molar-refractivity contribution in [1.82, 2.24) is 9.80 Å². The Morgan fingerprint density at radius 2 is 1.82 bits per heavy atom. The molecule has 3 aromatic rings. The summed E-state index contributed by atoms with van der Waals surface area (Å²) in [4.78, 5) is 42.3. The molecule has 2 aromatic carbocycles. The molecular weight excluding hydrogens is 474 g/mol. The van der Waals surface area contributed by atoms with Crippen LogP contribution in [0.3, 0.4) is 0 Å². The van der Waals surface area contributed by atoms with Crippen LogP contribution in [0.25, 0.3) is 0 Å². The highest BCUT2D eigenvalue weighted by atomic mass is 35.5. The second-order valence-corrected chi connectivity index (χ2v) is 9.43. The molecule has 1 aromatic heterocycles. The largest absolute Gasteiger partial charge is 0.332 e. The lowest BCUT2D eigenvalue weighted by Crippen LogP contribution is -2.42. The third-order valence-corrected chi connectivity index (χ3v) is 6.37. The summed E-state index contributed by atoms with van der Waals surface area (Å²) in [5.74, 6) is -0.756. The van der Waals surface area contributed by atoms with Crippen molar-refractivity contribution >= 4 is 40.4 Å². The van der Waals surface area contributed by atoms with Crippen molar-refractivity contribution in [2.75, 3.05) is 13.1 Å². The van der Waals surface area contributed by atoms with E-state index in [1.54, 1.807) is 16.2 Å². The fourth-order valence-electron chi connectivity index (χ4n) is 3.40. The monoisotopic (exact) mass is 497 g/mol. The molecule has 176 valence electrons. The third kappa shape index (κ3) is 6.52. The summed E-state index contributed by atoms with van der Waals surface area (Å²) in [6.45, 7) is 6.40. The van der Waals surface area contributed by atoms with Crippen LogP contribution in [0.4, 0.5) is 5.69 Å². The van der Waals surface area contributed by atoms with Gasteiger partial charge in [-0.2, -0.15) is 0 Å². The van der Waals surface area contributed by atoms with E-state index in [4.69, 9.17) is 11.6 Å². The molecule has 3 rings (SSSR count). The van der Waals surface area contributed by atoms with E-state index in [1.807, 2.05) is 49.4 Å². The standard InChI is InChI=1S/C25H24ClN3O4S/c1-3-13-27(25(31)20-10-12-22(26)23(14-20)29(32)33)17-24(30)28(15-19-7-5-4-6-8-19)16-21-11-9-18(2)34-21/h3-12,14H,1,13,15-17H2,2H3. The summed E-state index contributed by atoms with van der Waals surface area (Å²) < 4.78 is 0. The van der Waals surface area contributed by atoms with Gasteiger partial charge in [-0.15, -0.1) is 17.9 Å². The lowest BCUT2D eigenvalue weighted by Gasteiger charge is -2.27. The molecule has 0 saturated carbocycles. The van der Waals surface area contributed by atoms with E-state index >= 15 is 0 Å². The van der Waals surface area contributed by atoms with Crippen LogP contribution in [0.1, 0.15) is 25.7 Å². The van der Waals surface area contributed by atoms with Crippen molar-refractivity contribution in [3.63, 3.8) is 0 Å². The van der Waals surface area contributed by atoms with Crippen LogP contribution < -0.4 is 0 Å². The molecule has 0 atom stereocenters. The topological polar surface area (TPSA) is 83.8 Å². The Morgan fingerprint density at radius 1 is 1.09 bits per heavy atom. The molecule has 0 radical (unpaired) electrons. The number of hydrogen-bond acceptors (Lipinski definition) is 5. The van der Waals surface area contributed by atoms with Gasteiger partial charge in [0.15, 0.2) is 0 Å². The number of nitrogens with zero attached hydrogens (tertiary/aromatic N) is 3. The van der Waals surface area contributed by atoms with Gasteiger partial charge in [0.1, 0.15) is 11.6 Å². The summed E-state index contributed by atoms with van der Waals surface area (Å²) in [7, 11) is 0. The second-order valence-electron chi connectivity index (χ2n) is 7.65. The molecule has 0 aliphatic carbocycles. The first-order valence-corrected chi connectivity index (χ1v) is 11.7. The van der Waals surface area contributed by atoms with Crippen LogP contribution in [-0.4, -0.2) is 39.6 Å². The summed E-state index contributed by atoms with van der Waals surface area (Å²) in [6, 6.07) is 17.5. The number of amides is 2. The van der Waals surface area contributed by atoms with Gasteiger partial charge >= 0.3 is 0 Å². The van der Waals surface area contributed by atoms with Crippen molar-refractivity contribution in [2.45, 2.75) is 20.0 Å². The number of aryl methyl sites for hydroxylation is 1. The SMILES string of the molecule is C=CCN(CC(=O)N(Cc1ccccc1)Cc1ccc(C)s1)C(=O)c1ccc(Cl)c([N+](=O)[O-])c1. The van der Waals surface area contributed by atoms with E-state index < -0.39 is 10.8 Å². The van der Waals surface area contributed by atoms with Gasteiger partial charge in [0.2, 0.25) is 5.91 Å². The maximum absolute atomic E-state index is 13.4. The molecule has 2 amide bonds. The van der Waals surface area contributed by atoms with Crippen LogP contribution in [-0.2, 0) is 17.9 Å².